The number of ketones is 1. The monoisotopic (exact) mass is 403 g/mol. The van der Waals surface area contributed by atoms with Gasteiger partial charge >= 0.3 is 0 Å². The third-order valence-electron chi connectivity index (χ3n) is 4.47. The van der Waals surface area contributed by atoms with E-state index in [1.165, 1.54) is 23.8 Å². The zero-order valence-corrected chi connectivity index (χ0v) is 16.7. The Morgan fingerprint density at radius 1 is 1.24 bits per heavy atom. The number of allylic oxidation sites excluding steroid dienone is 1. The van der Waals surface area contributed by atoms with E-state index in [1.807, 2.05) is 36.6 Å². The maximum Gasteiger partial charge on any atom is 0.231 e. The second kappa shape index (κ2) is 7.78. The Kier molecular flexibility index (Phi) is 5.02. The highest BCUT2D eigenvalue weighted by Crippen LogP contribution is 2.37. The summed E-state index contributed by atoms with van der Waals surface area (Å²) in [4.78, 5) is 16.6. The third kappa shape index (κ3) is 3.84. The van der Waals surface area contributed by atoms with Crippen molar-refractivity contribution in [3.63, 3.8) is 0 Å². The number of carbonyl (C=O) groups excluding carboxylic acids is 1. The topological polar surface area (TPSA) is 84.2 Å². The lowest BCUT2D eigenvalue weighted by atomic mass is 10.1. The normalized spacial score (nSPS) is 12.5. The minimum Gasteiger partial charge on any atom is -0.454 e. The Hall–Kier alpha value is -3.63. The fourth-order valence-corrected chi connectivity index (χ4v) is 3.69. The van der Waals surface area contributed by atoms with Crippen molar-refractivity contribution in [3.8, 4) is 28.8 Å². The molecular weight excluding hydrogens is 386 g/mol. The van der Waals surface area contributed by atoms with Crippen molar-refractivity contribution in [2.75, 3.05) is 12.1 Å². The highest BCUT2D eigenvalue weighted by atomic mass is 32.1. The van der Waals surface area contributed by atoms with Gasteiger partial charge in [-0.3, -0.25) is 4.79 Å². The van der Waals surface area contributed by atoms with Crippen LogP contribution in [0.5, 0.6) is 11.5 Å². The van der Waals surface area contributed by atoms with E-state index in [4.69, 9.17) is 9.47 Å². The second-order valence-electron chi connectivity index (χ2n) is 6.53. The van der Waals surface area contributed by atoms with Gasteiger partial charge < -0.3 is 14.8 Å². The van der Waals surface area contributed by atoms with E-state index in [9.17, 15) is 10.1 Å². The highest BCUT2D eigenvalue weighted by Gasteiger charge is 2.19. The number of Topliss-reactive ketones (excluding diaryl/α,β-unsaturated/α-hetero) is 1. The predicted molar refractivity (Wildman–Crippen MR) is 112 cm³/mol. The average molecular weight is 403 g/mol. The van der Waals surface area contributed by atoms with Gasteiger partial charge in [0.25, 0.3) is 0 Å². The van der Waals surface area contributed by atoms with Gasteiger partial charge in [0.05, 0.1) is 11.4 Å². The van der Waals surface area contributed by atoms with Crippen LogP contribution in [0, 0.1) is 18.3 Å². The van der Waals surface area contributed by atoms with Gasteiger partial charge in [0, 0.05) is 28.8 Å². The molecule has 0 atom stereocenters. The van der Waals surface area contributed by atoms with Crippen LogP contribution in [0.4, 0.5) is 5.69 Å². The number of thiazole rings is 1. The summed E-state index contributed by atoms with van der Waals surface area (Å²) in [6, 6.07) is 13.6. The first kappa shape index (κ1) is 18.7. The number of hydrogen-bond donors (Lipinski definition) is 1. The number of anilines is 1. The number of hydrogen-bond acceptors (Lipinski definition) is 7. The molecule has 0 amide bonds. The number of carbonyl (C=O) groups is 1. The lowest BCUT2D eigenvalue weighted by Crippen LogP contribution is -2.00. The van der Waals surface area contributed by atoms with Crippen LogP contribution in [0.15, 0.2) is 48.0 Å². The van der Waals surface area contributed by atoms with Crippen LogP contribution < -0.4 is 14.8 Å². The van der Waals surface area contributed by atoms with Gasteiger partial charge in [-0.1, -0.05) is 29.8 Å². The minimum atomic E-state index is -0.117. The number of benzene rings is 2. The summed E-state index contributed by atoms with van der Waals surface area (Å²) < 4.78 is 10.7. The van der Waals surface area contributed by atoms with Crippen molar-refractivity contribution >= 4 is 28.4 Å². The number of aromatic nitrogens is 1. The SMILES string of the molecule is CC(=O)c1cc2c(cc1N/C=C(\C#N)c1nc(-c3ccc(C)cc3)cs1)OCO2. The molecule has 0 unspecified atom stereocenters. The molecule has 0 saturated heterocycles. The van der Waals surface area contributed by atoms with Gasteiger partial charge in [-0.15, -0.1) is 11.3 Å². The quantitative estimate of drug-likeness (QED) is 0.475. The van der Waals surface area contributed by atoms with Crippen molar-refractivity contribution < 1.29 is 14.3 Å². The van der Waals surface area contributed by atoms with E-state index in [-0.39, 0.29) is 12.6 Å². The van der Waals surface area contributed by atoms with Crippen molar-refractivity contribution in [3.05, 3.63) is 64.1 Å². The number of nitriles is 1. The average Bonchev–Trinajstić information content (AvgIpc) is 3.37. The largest absolute Gasteiger partial charge is 0.454 e. The van der Waals surface area contributed by atoms with Crippen molar-refractivity contribution in [1.82, 2.24) is 4.98 Å². The molecular formula is C22H17N3O3S. The second-order valence-corrected chi connectivity index (χ2v) is 7.38. The summed E-state index contributed by atoms with van der Waals surface area (Å²) in [7, 11) is 0. The molecule has 6 nitrogen and oxygen atoms in total. The Labute approximate surface area is 172 Å². The molecule has 0 spiro atoms. The number of nitrogens with zero attached hydrogens (tertiary/aromatic N) is 2. The zero-order chi connectivity index (χ0) is 20.4. The Morgan fingerprint density at radius 3 is 2.66 bits per heavy atom. The molecule has 1 aromatic heterocycles. The van der Waals surface area contributed by atoms with E-state index in [2.05, 4.69) is 16.4 Å². The molecule has 0 radical (unpaired) electrons. The smallest absolute Gasteiger partial charge is 0.231 e. The number of fused-ring (bicyclic) bond motifs is 1. The molecule has 4 rings (SSSR count). The molecule has 3 aromatic rings. The predicted octanol–water partition coefficient (Wildman–Crippen LogP) is 5.03. The Morgan fingerprint density at radius 2 is 1.97 bits per heavy atom. The minimum absolute atomic E-state index is 0.117. The standard InChI is InChI=1S/C22H17N3O3S/c1-13-3-5-15(6-4-13)19-11-29-22(25-19)16(9-23)10-24-18-8-21-20(27-12-28-21)7-17(18)14(2)26/h3-8,10-11,24H,12H2,1-2H3/b16-10+. The zero-order valence-electron chi connectivity index (χ0n) is 15.9. The molecule has 2 heterocycles. The van der Waals surface area contributed by atoms with Crippen LogP contribution in [-0.4, -0.2) is 17.6 Å². The van der Waals surface area contributed by atoms with Crippen LogP contribution in [0.25, 0.3) is 16.8 Å². The van der Waals surface area contributed by atoms with E-state index in [0.29, 0.717) is 33.3 Å². The van der Waals surface area contributed by atoms with Crippen molar-refractivity contribution in [2.24, 2.45) is 0 Å². The summed E-state index contributed by atoms with van der Waals surface area (Å²) in [5.41, 5.74) is 4.38. The van der Waals surface area contributed by atoms with Gasteiger partial charge in [-0.25, -0.2) is 4.98 Å². The molecule has 2 aromatic carbocycles. The summed E-state index contributed by atoms with van der Waals surface area (Å²) in [5.74, 6) is 0.974. The molecule has 0 saturated carbocycles. The molecule has 0 aliphatic carbocycles. The summed E-state index contributed by atoms with van der Waals surface area (Å²) in [5, 5.41) is 15.2. The van der Waals surface area contributed by atoms with Gasteiger partial charge in [-0.2, -0.15) is 5.26 Å². The van der Waals surface area contributed by atoms with Gasteiger partial charge in [0.15, 0.2) is 17.3 Å². The maximum absolute atomic E-state index is 12.0. The molecule has 144 valence electrons. The molecule has 7 heteroatoms. The molecule has 1 aliphatic heterocycles. The summed E-state index contributed by atoms with van der Waals surface area (Å²) in [6.07, 6.45) is 1.56. The molecule has 1 N–H and O–H groups in total. The molecule has 0 bridgehead atoms. The van der Waals surface area contributed by atoms with Crippen molar-refractivity contribution in [2.45, 2.75) is 13.8 Å². The first-order chi connectivity index (χ1) is 14.0. The van der Waals surface area contributed by atoms with E-state index in [1.54, 1.807) is 18.3 Å². The lowest BCUT2D eigenvalue weighted by Gasteiger charge is -2.08. The lowest BCUT2D eigenvalue weighted by molar-refractivity contribution is 0.101. The van der Waals surface area contributed by atoms with Crippen LogP contribution >= 0.6 is 11.3 Å². The van der Waals surface area contributed by atoms with Gasteiger partial charge in [-0.05, 0) is 19.9 Å². The Bertz CT molecular complexity index is 1160. The number of aryl methyl sites for hydroxylation is 1. The van der Waals surface area contributed by atoms with Crippen molar-refractivity contribution in [1.29, 1.82) is 5.26 Å². The van der Waals surface area contributed by atoms with Gasteiger partial charge in [0.2, 0.25) is 6.79 Å². The fraction of sp³-hybridized carbons (Fsp3) is 0.136. The van der Waals surface area contributed by atoms with Crippen LogP contribution in [0.3, 0.4) is 0 Å². The Balaban J connectivity index is 1.62. The maximum atomic E-state index is 12.0. The molecule has 1 aliphatic rings. The number of rotatable bonds is 5. The van der Waals surface area contributed by atoms with Crippen LogP contribution in [0.1, 0.15) is 27.9 Å². The molecule has 29 heavy (non-hydrogen) atoms. The van der Waals surface area contributed by atoms with E-state index < -0.39 is 0 Å². The summed E-state index contributed by atoms with van der Waals surface area (Å²) in [6.45, 7) is 3.63. The number of nitrogens with one attached hydrogen (secondary N) is 1. The molecule has 0 fully saturated rings. The first-order valence-corrected chi connectivity index (χ1v) is 9.77. The number of ether oxygens (including phenoxy) is 2. The van der Waals surface area contributed by atoms with Crippen LogP contribution in [0.2, 0.25) is 0 Å². The summed E-state index contributed by atoms with van der Waals surface area (Å²) >= 11 is 1.39. The highest BCUT2D eigenvalue weighted by molar-refractivity contribution is 7.11. The van der Waals surface area contributed by atoms with E-state index >= 15 is 0 Å². The first-order valence-electron chi connectivity index (χ1n) is 8.89. The van der Waals surface area contributed by atoms with Gasteiger partial charge in [0.1, 0.15) is 16.6 Å². The van der Waals surface area contributed by atoms with Crippen LogP contribution in [-0.2, 0) is 0 Å². The van der Waals surface area contributed by atoms with E-state index in [0.717, 1.165) is 11.3 Å². The fourth-order valence-electron chi connectivity index (χ4n) is 2.90. The third-order valence-corrected chi connectivity index (χ3v) is 5.34.